The summed E-state index contributed by atoms with van der Waals surface area (Å²) in [5, 5.41) is 11.9. The molecule has 0 saturated heterocycles. The van der Waals surface area contributed by atoms with E-state index in [9.17, 15) is 14.0 Å². The van der Waals surface area contributed by atoms with Gasteiger partial charge < -0.3 is 10.1 Å². The molecule has 2 aromatic carbocycles. The molecule has 0 aliphatic heterocycles. The quantitative estimate of drug-likeness (QED) is 0.413. The fourth-order valence-corrected chi connectivity index (χ4v) is 2.19. The Morgan fingerprint density at radius 1 is 1.14 bits per heavy atom. The van der Waals surface area contributed by atoms with Crippen molar-refractivity contribution in [3.63, 3.8) is 0 Å². The number of aryl methyl sites for hydroxylation is 1. The molecular weight excluding hydrogens is 377 g/mol. The molecule has 0 atom stereocenters. The molecule has 0 aromatic heterocycles. The number of amides is 1. The van der Waals surface area contributed by atoms with E-state index in [1.54, 1.807) is 13.0 Å². The van der Waals surface area contributed by atoms with Gasteiger partial charge in [-0.05, 0) is 42.8 Å². The van der Waals surface area contributed by atoms with Crippen LogP contribution in [0.25, 0.3) is 0 Å². The minimum Gasteiger partial charge on any atom is -0.469 e. The van der Waals surface area contributed by atoms with Crippen LogP contribution in [0.5, 0.6) is 0 Å². The Morgan fingerprint density at radius 3 is 2.48 bits per heavy atom. The molecule has 0 heterocycles. The van der Waals surface area contributed by atoms with Crippen molar-refractivity contribution in [1.82, 2.24) is 5.48 Å². The summed E-state index contributed by atoms with van der Waals surface area (Å²) in [5.74, 6) is -1.57. The number of benzene rings is 2. The third kappa shape index (κ3) is 7.24. The van der Waals surface area contributed by atoms with Crippen molar-refractivity contribution < 1.29 is 23.6 Å². The number of carbonyl (C=O) groups excluding carboxylic acids is 2. The van der Waals surface area contributed by atoms with Crippen LogP contribution in [0.4, 0.5) is 15.8 Å². The van der Waals surface area contributed by atoms with Crippen molar-refractivity contribution in [2.75, 3.05) is 19.0 Å². The molecule has 0 spiro atoms. The van der Waals surface area contributed by atoms with Gasteiger partial charge in [0.1, 0.15) is 5.82 Å². The Hall–Kier alpha value is -3.44. The SMILES string of the molecule is CC.COC(=O)CCONC(=O)c1ccc(C#N)cc1Nc1ccc(C)cc1F. The second kappa shape index (κ2) is 12.1. The van der Waals surface area contributed by atoms with Crippen molar-refractivity contribution in [2.45, 2.75) is 27.2 Å². The normalized spacial score (nSPS) is 9.52. The molecule has 8 heteroatoms. The number of nitrogens with one attached hydrogen (secondary N) is 2. The third-order valence-electron chi connectivity index (χ3n) is 3.59. The van der Waals surface area contributed by atoms with Gasteiger partial charge in [-0.2, -0.15) is 5.26 Å². The Labute approximate surface area is 169 Å². The van der Waals surface area contributed by atoms with E-state index in [1.807, 2.05) is 19.9 Å². The second-order valence-corrected chi connectivity index (χ2v) is 5.59. The predicted molar refractivity (Wildman–Crippen MR) is 107 cm³/mol. The summed E-state index contributed by atoms with van der Waals surface area (Å²) in [5.41, 5.74) is 3.80. The van der Waals surface area contributed by atoms with E-state index in [4.69, 9.17) is 10.1 Å². The number of carbonyl (C=O) groups is 2. The number of nitrogens with zero attached hydrogens (tertiary/aromatic N) is 1. The van der Waals surface area contributed by atoms with Gasteiger partial charge in [-0.3, -0.25) is 14.4 Å². The number of halogens is 1. The van der Waals surface area contributed by atoms with Crippen molar-refractivity contribution >= 4 is 23.3 Å². The topological polar surface area (TPSA) is 100 Å². The van der Waals surface area contributed by atoms with E-state index in [2.05, 4.69) is 15.5 Å². The van der Waals surface area contributed by atoms with E-state index in [1.165, 1.54) is 37.4 Å². The molecule has 2 N–H and O–H groups in total. The van der Waals surface area contributed by atoms with Crippen LogP contribution in [0.3, 0.4) is 0 Å². The highest BCUT2D eigenvalue weighted by molar-refractivity contribution is 6.00. The third-order valence-corrected chi connectivity index (χ3v) is 3.59. The fourth-order valence-electron chi connectivity index (χ4n) is 2.19. The Morgan fingerprint density at radius 2 is 1.86 bits per heavy atom. The molecule has 0 saturated carbocycles. The number of hydrogen-bond acceptors (Lipinski definition) is 6. The Bertz CT molecular complexity index is 894. The van der Waals surface area contributed by atoms with E-state index < -0.39 is 17.7 Å². The highest BCUT2D eigenvalue weighted by Crippen LogP contribution is 2.25. The van der Waals surface area contributed by atoms with E-state index in [-0.39, 0.29) is 30.0 Å². The van der Waals surface area contributed by atoms with Gasteiger partial charge in [0.05, 0.1) is 48.7 Å². The minimum absolute atomic E-state index is 0.0240. The molecule has 0 unspecified atom stereocenters. The van der Waals surface area contributed by atoms with Crippen LogP contribution < -0.4 is 10.8 Å². The zero-order valence-electron chi connectivity index (χ0n) is 16.8. The molecule has 7 nitrogen and oxygen atoms in total. The molecule has 1 amide bonds. The largest absolute Gasteiger partial charge is 0.469 e. The first-order valence-electron chi connectivity index (χ1n) is 9.01. The van der Waals surface area contributed by atoms with Crippen LogP contribution in [0.15, 0.2) is 36.4 Å². The van der Waals surface area contributed by atoms with Crippen LogP contribution in [0.2, 0.25) is 0 Å². The van der Waals surface area contributed by atoms with Crippen molar-refractivity contribution in [3.8, 4) is 6.07 Å². The van der Waals surface area contributed by atoms with Crippen LogP contribution in [0, 0.1) is 24.1 Å². The van der Waals surface area contributed by atoms with Gasteiger partial charge in [-0.1, -0.05) is 19.9 Å². The maximum absolute atomic E-state index is 14.1. The van der Waals surface area contributed by atoms with Gasteiger partial charge in [-0.25, -0.2) is 9.87 Å². The minimum atomic E-state index is -0.612. The lowest BCUT2D eigenvalue weighted by atomic mass is 10.1. The molecular formula is C21H24FN3O4. The lowest BCUT2D eigenvalue weighted by molar-refractivity contribution is -0.142. The number of hydrogen-bond donors (Lipinski definition) is 2. The van der Waals surface area contributed by atoms with Crippen molar-refractivity contribution in [3.05, 3.63) is 58.9 Å². The number of anilines is 2. The summed E-state index contributed by atoms with van der Waals surface area (Å²) in [7, 11) is 1.25. The maximum Gasteiger partial charge on any atom is 0.307 e. The highest BCUT2D eigenvalue weighted by atomic mass is 19.1. The summed E-state index contributed by atoms with van der Waals surface area (Å²) in [6.45, 7) is 5.69. The summed E-state index contributed by atoms with van der Waals surface area (Å²) >= 11 is 0. The van der Waals surface area contributed by atoms with Crippen LogP contribution >= 0.6 is 0 Å². The highest BCUT2D eigenvalue weighted by Gasteiger charge is 2.14. The number of rotatable bonds is 7. The number of nitriles is 1. The molecule has 0 fully saturated rings. The predicted octanol–water partition coefficient (Wildman–Crippen LogP) is 4.00. The monoisotopic (exact) mass is 401 g/mol. The molecule has 0 aliphatic carbocycles. The fraction of sp³-hybridized carbons (Fsp3) is 0.286. The van der Waals surface area contributed by atoms with Gasteiger partial charge >= 0.3 is 5.97 Å². The zero-order valence-corrected chi connectivity index (χ0v) is 16.8. The summed E-state index contributed by atoms with van der Waals surface area (Å²) in [4.78, 5) is 28.3. The first kappa shape index (κ1) is 23.6. The molecule has 0 aliphatic rings. The number of hydroxylamine groups is 1. The first-order valence-corrected chi connectivity index (χ1v) is 9.01. The lowest BCUT2D eigenvalue weighted by Crippen LogP contribution is -2.26. The number of esters is 1. The Kier molecular flexibility index (Phi) is 9.85. The summed E-state index contributed by atoms with van der Waals surface area (Å²) in [6.07, 6.45) is -0.0240. The molecule has 29 heavy (non-hydrogen) atoms. The average molecular weight is 401 g/mol. The van der Waals surface area contributed by atoms with Crippen LogP contribution in [-0.2, 0) is 14.4 Å². The van der Waals surface area contributed by atoms with Crippen molar-refractivity contribution in [2.24, 2.45) is 0 Å². The van der Waals surface area contributed by atoms with E-state index in [0.717, 1.165) is 5.56 Å². The number of ether oxygens (including phenoxy) is 1. The molecule has 0 bridgehead atoms. The number of methoxy groups -OCH3 is 1. The molecule has 2 aromatic rings. The van der Waals surface area contributed by atoms with Crippen molar-refractivity contribution in [1.29, 1.82) is 5.26 Å². The van der Waals surface area contributed by atoms with Gasteiger partial charge in [-0.15, -0.1) is 0 Å². The van der Waals surface area contributed by atoms with Crippen LogP contribution in [-0.4, -0.2) is 25.6 Å². The summed E-state index contributed by atoms with van der Waals surface area (Å²) < 4.78 is 18.6. The maximum atomic E-state index is 14.1. The molecule has 0 radical (unpaired) electrons. The van der Waals surface area contributed by atoms with Gasteiger partial charge in [0.15, 0.2) is 0 Å². The van der Waals surface area contributed by atoms with Gasteiger partial charge in [0.25, 0.3) is 5.91 Å². The van der Waals surface area contributed by atoms with E-state index in [0.29, 0.717) is 5.56 Å². The smallest absolute Gasteiger partial charge is 0.307 e. The second-order valence-electron chi connectivity index (χ2n) is 5.59. The summed E-state index contributed by atoms with van der Waals surface area (Å²) in [6, 6.07) is 10.9. The zero-order chi connectivity index (χ0) is 21.8. The van der Waals surface area contributed by atoms with Crippen LogP contribution in [0.1, 0.15) is 41.8 Å². The van der Waals surface area contributed by atoms with E-state index >= 15 is 0 Å². The molecule has 154 valence electrons. The molecule has 2 rings (SSSR count). The van der Waals surface area contributed by atoms with Gasteiger partial charge in [0, 0.05) is 0 Å². The standard InChI is InChI=1S/C19H18FN3O4.C2H6/c1-12-3-6-16(15(20)9-12)22-17-10-13(11-21)4-5-14(17)19(25)23-27-8-7-18(24)26-2;1-2/h3-6,9-10,22H,7-8H2,1-2H3,(H,23,25);1-2H3. The first-order chi connectivity index (χ1) is 13.9. The lowest BCUT2D eigenvalue weighted by Gasteiger charge is -2.13. The van der Waals surface area contributed by atoms with Gasteiger partial charge in [0.2, 0.25) is 0 Å². The average Bonchev–Trinajstić information content (AvgIpc) is 2.74. The Balaban J connectivity index is 0.00000204.